The first-order valence-electron chi connectivity index (χ1n) is 8.96. The number of hydrazine groups is 1. The van der Waals surface area contributed by atoms with Gasteiger partial charge in [0.15, 0.2) is 6.10 Å². The Morgan fingerprint density at radius 2 is 1.54 bits per heavy atom. The maximum atomic E-state index is 12.6. The van der Waals surface area contributed by atoms with Gasteiger partial charge in [-0.3, -0.25) is 20.4 Å². The molecule has 3 aromatic rings. The topological polar surface area (TPSA) is 79.5 Å². The van der Waals surface area contributed by atoms with E-state index in [2.05, 4.69) is 16.2 Å². The van der Waals surface area contributed by atoms with Crippen LogP contribution < -0.4 is 20.9 Å². The van der Waals surface area contributed by atoms with Crippen LogP contribution in [0.15, 0.2) is 78.9 Å². The van der Waals surface area contributed by atoms with Gasteiger partial charge in [0, 0.05) is 12.1 Å². The molecule has 0 bridgehead atoms. The van der Waals surface area contributed by atoms with Crippen LogP contribution in [0.1, 0.15) is 15.9 Å². The van der Waals surface area contributed by atoms with Gasteiger partial charge in [0.2, 0.25) is 0 Å². The molecule has 6 heteroatoms. The van der Waals surface area contributed by atoms with Crippen molar-refractivity contribution in [3.8, 4) is 5.75 Å². The highest BCUT2D eigenvalue weighted by atomic mass is 16.5. The molecular weight excluding hydrogens is 354 g/mol. The number of anilines is 2. The van der Waals surface area contributed by atoms with Gasteiger partial charge in [0.05, 0.1) is 11.3 Å². The van der Waals surface area contributed by atoms with E-state index >= 15 is 0 Å². The molecule has 4 rings (SSSR count). The molecular formula is C22H19N3O3. The number of ether oxygens (including phenoxy) is 1. The summed E-state index contributed by atoms with van der Waals surface area (Å²) in [5.41, 5.74) is 7.83. The zero-order valence-corrected chi connectivity index (χ0v) is 15.0. The molecule has 0 aromatic heterocycles. The summed E-state index contributed by atoms with van der Waals surface area (Å²) in [6.07, 6.45) is -0.181. The van der Waals surface area contributed by atoms with Gasteiger partial charge in [-0.25, -0.2) is 0 Å². The van der Waals surface area contributed by atoms with Crippen molar-refractivity contribution in [3.63, 3.8) is 0 Å². The fourth-order valence-corrected chi connectivity index (χ4v) is 3.06. The molecule has 1 unspecified atom stereocenters. The Morgan fingerprint density at radius 3 is 2.36 bits per heavy atom. The van der Waals surface area contributed by atoms with Crippen molar-refractivity contribution in [1.82, 2.24) is 10.9 Å². The van der Waals surface area contributed by atoms with E-state index in [-0.39, 0.29) is 0 Å². The predicted octanol–water partition coefficient (Wildman–Crippen LogP) is 3.19. The van der Waals surface area contributed by atoms with Crippen molar-refractivity contribution in [3.05, 3.63) is 90.0 Å². The fourth-order valence-electron chi connectivity index (χ4n) is 3.06. The number of amides is 2. The molecule has 3 aromatic carbocycles. The highest BCUT2D eigenvalue weighted by Crippen LogP contribution is 2.28. The monoisotopic (exact) mass is 373 g/mol. The molecule has 28 heavy (non-hydrogen) atoms. The lowest BCUT2D eigenvalue weighted by Gasteiger charge is -2.14. The van der Waals surface area contributed by atoms with Crippen LogP contribution >= 0.6 is 0 Å². The van der Waals surface area contributed by atoms with Crippen molar-refractivity contribution >= 4 is 23.2 Å². The van der Waals surface area contributed by atoms with E-state index in [4.69, 9.17) is 4.74 Å². The first kappa shape index (κ1) is 17.6. The lowest BCUT2D eigenvalue weighted by molar-refractivity contribution is -0.128. The summed E-state index contributed by atoms with van der Waals surface area (Å²) < 4.78 is 5.63. The fraction of sp³-hybridized carbons (Fsp3) is 0.0909. The van der Waals surface area contributed by atoms with Gasteiger partial charge >= 0.3 is 0 Å². The Labute approximate surface area is 162 Å². The largest absolute Gasteiger partial charge is 0.480 e. The summed E-state index contributed by atoms with van der Waals surface area (Å²) in [7, 11) is 0. The summed E-state index contributed by atoms with van der Waals surface area (Å²) in [4.78, 5) is 24.9. The van der Waals surface area contributed by atoms with Crippen molar-refractivity contribution < 1.29 is 14.3 Å². The summed E-state index contributed by atoms with van der Waals surface area (Å²) in [5, 5.41) is 3.21. The van der Waals surface area contributed by atoms with Gasteiger partial charge in [-0.05, 0) is 35.9 Å². The smallest absolute Gasteiger partial charge is 0.279 e. The standard InChI is InChI=1S/C22H19N3O3/c26-21(17-11-5-6-12-18(17)23-16-9-2-1-3-10-16)24-25-22(27)20-14-15-8-4-7-13-19(15)28-20/h1-13,20,23H,14H2,(H,24,26)(H,25,27). The molecule has 0 aliphatic carbocycles. The third-order valence-electron chi connectivity index (χ3n) is 4.46. The van der Waals surface area contributed by atoms with Crippen LogP contribution in [-0.2, 0) is 11.2 Å². The highest BCUT2D eigenvalue weighted by Gasteiger charge is 2.29. The first-order chi connectivity index (χ1) is 13.7. The van der Waals surface area contributed by atoms with E-state index in [1.807, 2.05) is 60.7 Å². The molecule has 140 valence electrons. The third-order valence-corrected chi connectivity index (χ3v) is 4.46. The molecule has 1 aliphatic heterocycles. The number of hydrogen-bond donors (Lipinski definition) is 3. The zero-order chi connectivity index (χ0) is 19.3. The molecule has 0 saturated heterocycles. The minimum Gasteiger partial charge on any atom is -0.480 e. The normalized spacial score (nSPS) is 14.5. The lowest BCUT2D eigenvalue weighted by atomic mass is 10.1. The van der Waals surface area contributed by atoms with Crippen molar-refractivity contribution in [1.29, 1.82) is 0 Å². The van der Waals surface area contributed by atoms with E-state index in [0.717, 1.165) is 11.3 Å². The van der Waals surface area contributed by atoms with Crippen LogP contribution in [0.25, 0.3) is 0 Å². The average molecular weight is 373 g/mol. The third kappa shape index (κ3) is 3.81. The minimum absolute atomic E-state index is 0.391. The summed E-state index contributed by atoms with van der Waals surface area (Å²) in [6, 6.07) is 24.2. The Balaban J connectivity index is 1.39. The molecule has 0 radical (unpaired) electrons. The van der Waals surface area contributed by atoms with Crippen LogP contribution in [0.4, 0.5) is 11.4 Å². The van der Waals surface area contributed by atoms with Crippen molar-refractivity contribution in [2.75, 3.05) is 5.32 Å². The van der Waals surface area contributed by atoms with Crippen LogP contribution in [0.2, 0.25) is 0 Å². The average Bonchev–Trinajstić information content (AvgIpc) is 3.17. The van der Waals surface area contributed by atoms with Crippen LogP contribution in [0.5, 0.6) is 5.75 Å². The van der Waals surface area contributed by atoms with Gasteiger partial charge in [-0.1, -0.05) is 48.5 Å². The maximum Gasteiger partial charge on any atom is 0.279 e. The number of rotatable bonds is 4. The highest BCUT2D eigenvalue weighted by molar-refractivity contribution is 6.01. The van der Waals surface area contributed by atoms with E-state index in [1.54, 1.807) is 18.2 Å². The molecule has 0 fully saturated rings. The summed E-state index contributed by atoms with van der Waals surface area (Å²) in [6.45, 7) is 0. The second kappa shape index (κ2) is 7.84. The number of carbonyl (C=O) groups excluding carboxylic acids is 2. The van der Waals surface area contributed by atoms with E-state index in [9.17, 15) is 9.59 Å². The van der Waals surface area contributed by atoms with Crippen LogP contribution in [0.3, 0.4) is 0 Å². The summed E-state index contributed by atoms with van der Waals surface area (Å²) in [5.74, 6) is -0.104. The van der Waals surface area contributed by atoms with Gasteiger partial charge < -0.3 is 10.1 Å². The number of fused-ring (bicyclic) bond motifs is 1. The molecule has 0 saturated carbocycles. The van der Waals surface area contributed by atoms with Crippen LogP contribution in [0, 0.1) is 0 Å². The second-order valence-electron chi connectivity index (χ2n) is 6.40. The van der Waals surface area contributed by atoms with Crippen LogP contribution in [-0.4, -0.2) is 17.9 Å². The number of hydrogen-bond acceptors (Lipinski definition) is 4. The predicted molar refractivity (Wildman–Crippen MR) is 106 cm³/mol. The number of benzene rings is 3. The second-order valence-corrected chi connectivity index (χ2v) is 6.40. The van der Waals surface area contributed by atoms with E-state index in [0.29, 0.717) is 23.4 Å². The molecule has 6 nitrogen and oxygen atoms in total. The molecule has 3 N–H and O–H groups in total. The Kier molecular flexibility index (Phi) is 4.93. The maximum absolute atomic E-state index is 12.6. The quantitative estimate of drug-likeness (QED) is 0.614. The van der Waals surface area contributed by atoms with Gasteiger partial charge in [-0.2, -0.15) is 0 Å². The number of para-hydroxylation sites is 3. The summed E-state index contributed by atoms with van der Waals surface area (Å²) >= 11 is 0. The van der Waals surface area contributed by atoms with Crippen molar-refractivity contribution in [2.45, 2.75) is 12.5 Å². The first-order valence-corrected chi connectivity index (χ1v) is 8.96. The van der Waals surface area contributed by atoms with Gasteiger partial charge in [0.25, 0.3) is 11.8 Å². The zero-order valence-electron chi connectivity index (χ0n) is 15.0. The van der Waals surface area contributed by atoms with Gasteiger partial charge in [-0.15, -0.1) is 0 Å². The molecule has 2 amide bonds. The molecule has 1 atom stereocenters. The minimum atomic E-state index is -0.657. The Bertz CT molecular complexity index is 980. The molecule has 1 aliphatic rings. The number of nitrogens with one attached hydrogen (secondary N) is 3. The SMILES string of the molecule is O=C(NNC(=O)C1Cc2ccccc2O1)c1ccccc1Nc1ccccc1. The molecule has 0 spiro atoms. The van der Waals surface area contributed by atoms with E-state index < -0.39 is 17.9 Å². The van der Waals surface area contributed by atoms with Crippen molar-refractivity contribution in [2.24, 2.45) is 0 Å². The molecule has 1 heterocycles. The van der Waals surface area contributed by atoms with E-state index in [1.165, 1.54) is 0 Å². The Morgan fingerprint density at radius 1 is 0.821 bits per heavy atom. The van der Waals surface area contributed by atoms with Gasteiger partial charge in [0.1, 0.15) is 5.75 Å². The number of carbonyl (C=O) groups is 2. The Hall–Kier alpha value is -3.80. The lowest BCUT2D eigenvalue weighted by Crippen LogP contribution is -2.47.